The molecule has 0 aromatic rings. The van der Waals surface area contributed by atoms with Crippen molar-refractivity contribution in [3.63, 3.8) is 0 Å². The van der Waals surface area contributed by atoms with Gasteiger partial charge in [-0.2, -0.15) is 0 Å². The van der Waals surface area contributed by atoms with Crippen molar-refractivity contribution in [1.29, 1.82) is 0 Å². The lowest BCUT2D eigenvalue weighted by Gasteiger charge is -2.34. The van der Waals surface area contributed by atoms with E-state index in [4.69, 9.17) is 0 Å². The molecule has 2 aliphatic heterocycles. The fourth-order valence-corrected chi connectivity index (χ4v) is 4.40. The van der Waals surface area contributed by atoms with Crippen molar-refractivity contribution in [1.82, 2.24) is 15.1 Å². The van der Waals surface area contributed by atoms with Crippen molar-refractivity contribution >= 4 is 5.91 Å². The second-order valence-electron chi connectivity index (χ2n) is 7.58. The van der Waals surface area contributed by atoms with E-state index in [1.54, 1.807) is 0 Å². The maximum atomic E-state index is 12.5. The minimum Gasteiger partial charge on any atom is -0.342 e. The lowest BCUT2D eigenvalue weighted by atomic mass is 9.87. The van der Waals surface area contributed by atoms with Crippen LogP contribution < -0.4 is 5.32 Å². The highest BCUT2D eigenvalue weighted by Crippen LogP contribution is 2.27. The zero-order chi connectivity index (χ0) is 14.8. The van der Waals surface area contributed by atoms with E-state index >= 15 is 0 Å². The number of rotatable bonds is 3. The first-order valence-corrected chi connectivity index (χ1v) is 8.85. The molecule has 0 aromatic carbocycles. The van der Waals surface area contributed by atoms with Gasteiger partial charge in [-0.05, 0) is 56.9 Å². The Hall–Kier alpha value is -0.610. The van der Waals surface area contributed by atoms with Gasteiger partial charge in [0.25, 0.3) is 0 Å². The van der Waals surface area contributed by atoms with Crippen LogP contribution in [0.1, 0.15) is 45.4 Å². The standard InChI is InChI=1S/C17H31N3O/c1-13-5-7-15(8-6-13)19(2)17(21)12-20-10-14-4-3-9-18-16(14)11-20/h13-16,18H,3-12H2,1-2H3. The molecule has 0 radical (unpaired) electrons. The molecule has 4 nitrogen and oxygen atoms in total. The summed E-state index contributed by atoms with van der Waals surface area (Å²) in [4.78, 5) is 17.0. The number of likely N-dealkylation sites (tertiary alicyclic amines) is 1. The van der Waals surface area contributed by atoms with Crippen molar-refractivity contribution in [2.45, 2.75) is 57.5 Å². The number of likely N-dealkylation sites (N-methyl/N-ethyl adjacent to an activating group) is 1. The normalized spacial score (nSPS) is 37.2. The summed E-state index contributed by atoms with van der Waals surface area (Å²) < 4.78 is 0. The summed E-state index contributed by atoms with van der Waals surface area (Å²) in [7, 11) is 2.02. The Balaban J connectivity index is 1.47. The molecule has 0 aromatic heterocycles. The van der Waals surface area contributed by atoms with Crippen LogP contribution in [0.15, 0.2) is 0 Å². The summed E-state index contributed by atoms with van der Waals surface area (Å²) in [6, 6.07) is 1.11. The van der Waals surface area contributed by atoms with E-state index in [9.17, 15) is 4.79 Å². The maximum Gasteiger partial charge on any atom is 0.236 e. The molecular formula is C17H31N3O. The zero-order valence-electron chi connectivity index (χ0n) is 13.7. The first kappa shape index (κ1) is 15.3. The Morgan fingerprint density at radius 3 is 2.67 bits per heavy atom. The van der Waals surface area contributed by atoms with Gasteiger partial charge in [-0.25, -0.2) is 0 Å². The molecule has 21 heavy (non-hydrogen) atoms. The third-order valence-electron chi connectivity index (χ3n) is 5.96. The second kappa shape index (κ2) is 6.66. The zero-order valence-corrected chi connectivity index (χ0v) is 13.7. The molecule has 0 spiro atoms. The van der Waals surface area contributed by atoms with E-state index in [1.807, 2.05) is 11.9 Å². The smallest absolute Gasteiger partial charge is 0.236 e. The molecule has 1 saturated carbocycles. The van der Waals surface area contributed by atoms with Crippen molar-refractivity contribution in [2.75, 3.05) is 33.2 Å². The van der Waals surface area contributed by atoms with E-state index in [0.29, 0.717) is 24.5 Å². The third kappa shape index (κ3) is 3.59. The molecule has 3 rings (SSSR count). The monoisotopic (exact) mass is 293 g/mol. The van der Waals surface area contributed by atoms with Crippen LogP contribution in [-0.4, -0.2) is 61.0 Å². The summed E-state index contributed by atoms with van der Waals surface area (Å²) in [5.74, 6) is 1.94. The first-order valence-electron chi connectivity index (χ1n) is 8.85. The van der Waals surface area contributed by atoms with Gasteiger partial charge in [0, 0.05) is 32.2 Å². The number of nitrogens with zero attached hydrogens (tertiary/aromatic N) is 2. The number of nitrogens with one attached hydrogen (secondary N) is 1. The Bertz CT molecular complexity index is 351. The molecule has 2 unspecified atom stereocenters. The molecule has 3 aliphatic rings. The van der Waals surface area contributed by atoms with Crippen LogP contribution in [0, 0.1) is 11.8 Å². The molecule has 2 heterocycles. The number of carbonyl (C=O) groups excluding carboxylic acids is 1. The number of carbonyl (C=O) groups is 1. The summed E-state index contributed by atoms with van der Waals surface area (Å²) in [5.41, 5.74) is 0. The molecule has 120 valence electrons. The average Bonchev–Trinajstić information content (AvgIpc) is 2.89. The van der Waals surface area contributed by atoms with E-state index in [0.717, 1.165) is 31.5 Å². The van der Waals surface area contributed by atoms with E-state index in [2.05, 4.69) is 17.1 Å². The largest absolute Gasteiger partial charge is 0.342 e. The minimum absolute atomic E-state index is 0.327. The van der Waals surface area contributed by atoms with Gasteiger partial charge < -0.3 is 10.2 Å². The summed E-state index contributed by atoms with van der Waals surface area (Å²) in [6.45, 7) is 6.28. The van der Waals surface area contributed by atoms with Crippen molar-refractivity contribution in [2.24, 2.45) is 11.8 Å². The van der Waals surface area contributed by atoms with Gasteiger partial charge in [0.1, 0.15) is 0 Å². The lowest BCUT2D eigenvalue weighted by molar-refractivity contribution is -0.133. The number of fused-ring (bicyclic) bond motifs is 1. The fraction of sp³-hybridized carbons (Fsp3) is 0.941. The molecule has 0 bridgehead atoms. The molecule has 4 heteroatoms. The van der Waals surface area contributed by atoms with Crippen molar-refractivity contribution in [3.05, 3.63) is 0 Å². The molecule has 3 fully saturated rings. The van der Waals surface area contributed by atoms with Crippen LogP contribution >= 0.6 is 0 Å². The quantitative estimate of drug-likeness (QED) is 0.860. The van der Waals surface area contributed by atoms with Gasteiger partial charge in [-0.3, -0.25) is 9.69 Å². The van der Waals surface area contributed by atoms with Crippen LogP contribution in [0.5, 0.6) is 0 Å². The topological polar surface area (TPSA) is 35.6 Å². The summed E-state index contributed by atoms with van der Waals surface area (Å²) in [5, 5.41) is 3.62. The Morgan fingerprint density at radius 1 is 1.19 bits per heavy atom. The summed E-state index contributed by atoms with van der Waals surface area (Å²) in [6.07, 6.45) is 7.56. The van der Waals surface area contributed by atoms with Crippen molar-refractivity contribution in [3.8, 4) is 0 Å². The highest BCUT2D eigenvalue weighted by atomic mass is 16.2. The van der Waals surface area contributed by atoms with E-state index in [-0.39, 0.29) is 0 Å². The SMILES string of the molecule is CC1CCC(N(C)C(=O)CN2CC3CCCNC3C2)CC1. The molecule has 1 N–H and O–H groups in total. The predicted molar refractivity (Wildman–Crippen MR) is 85.1 cm³/mol. The van der Waals surface area contributed by atoms with Gasteiger partial charge in [-0.1, -0.05) is 6.92 Å². The van der Waals surface area contributed by atoms with E-state index < -0.39 is 0 Å². The van der Waals surface area contributed by atoms with Gasteiger partial charge in [-0.15, -0.1) is 0 Å². The molecule has 2 saturated heterocycles. The molecular weight excluding hydrogens is 262 g/mol. The van der Waals surface area contributed by atoms with E-state index in [1.165, 1.54) is 38.5 Å². The number of hydrogen-bond acceptors (Lipinski definition) is 3. The highest BCUT2D eigenvalue weighted by molar-refractivity contribution is 5.78. The predicted octanol–water partition coefficient (Wildman–Crippen LogP) is 1.71. The highest BCUT2D eigenvalue weighted by Gasteiger charge is 2.35. The molecule has 1 aliphatic carbocycles. The van der Waals surface area contributed by atoms with Crippen LogP contribution in [0.4, 0.5) is 0 Å². The van der Waals surface area contributed by atoms with Gasteiger partial charge in [0.2, 0.25) is 5.91 Å². The Labute approximate surface area is 129 Å². The van der Waals surface area contributed by atoms with Gasteiger partial charge in [0.05, 0.1) is 6.54 Å². The lowest BCUT2D eigenvalue weighted by Crippen LogP contribution is -2.45. The number of hydrogen-bond donors (Lipinski definition) is 1. The first-order chi connectivity index (χ1) is 10.1. The number of amides is 1. The van der Waals surface area contributed by atoms with Crippen molar-refractivity contribution < 1.29 is 4.79 Å². The van der Waals surface area contributed by atoms with Crippen LogP contribution in [-0.2, 0) is 4.79 Å². The molecule has 2 atom stereocenters. The van der Waals surface area contributed by atoms with Crippen LogP contribution in [0.25, 0.3) is 0 Å². The Kier molecular flexibility index (Phi) is 4.85. The fourth-order valence-electron chi connectivity index (χ4n) is 4.40. The van der Waals surface area contributed by atoms with Gasteiger partial charge in [0.15, 0.2) is 0 Å². The molecule has 1 amide bonds. The van der Waals surface area contributed by atoms with Crippen LogP contribution in [0.3, 0.4) is 0 Å². The maximum absolute atomic E-state index is 12.5. The third-order valence-corrected chi connectivity index (χ3v) is 5.96. The van der Waals surface area contributed by atoms with Crippen LogP contribution in [0.2, 0.25) is 0 Å². The Morgan fingerprint density at radius 2 is 1.95 bits per heavy atom. The van der Waals surface area contributed by atoms with Gasteiger partial charge >= 0.3 is 0 Å². The summed E-state index contributed by atoms with van der Waals surface area (Å²) >= 11 is 0. The average molecular weight is 293 g/mol. The second-order valence-corrected chi connectivity index (χ2v) is 7.58. The minimum atomic E-state index is 0.327. The number of piperidine rings is 1.